The molecule has 0 fully saturated rings. The summed E-state index contributed by atoms with van der Waals surface area (Å²) in [7, 11) is 0. The van der Waals surface area contributed by atoms with Crippen LogP contribution in [-0.2, 0) is 14.3 Å². The molecule has 0 radical (unpaired) electrons. The van der Waals surface area contributed by atoms with Crippen molar-refractivity contribution in [2.24, 2.45) is 0 Å². The molecule has 0 saturated carbocycles. The van der Waals surface area contributed by atoms with Crippen LogP contribution >= 0.6 is 0 Å². The number of aliphatic hydroxyl groups excluding tert-OH is 2. The number of hydrogen-bond acceptors (Lipinski definition) is 5. The monoisotopic (exact) mass is 878 g/mol. The minimum Gasteiger partial charge on any atom is -0.461 e. The second kappa shape index (κ2) is 50.0. The summed E-state index contributed by atoms with van der Waals surface area (Å²) in [5.41, 5.74) is 0. The lowest BCUT2D eigenvalue weighted by molar-refractivity contribution is -0.150. The molecule has 1 amide bonds. The van der Waals surface area contributed by atoms with Gasteiger partial charge in [-0.2, -0.15) is 0 Å². The Bertz CT molecular complexity index is 1210. The van der Waals surface area contributed by atoms with E-state index in [1.807, 2.05) is 12.2 Å². The smallest absolute Gasteiger partial charge is 0.306 e. The Morgan fingerprint density at radius 1 is 0.508 bits per heavy atom. The van der Waals surface area contributed by atoms with Crippen molar-refractivity contribution < 1.29 is 24.5 Å². The zero-order chi connectivity index (χ0) is 45.9. The highest BCUT2D eigenvalue weighted by molar-refractivity contribution is 5.77. The fraction of sp³-hybridized carbons (Fsp3) is 0.719. The molecular weight excluding hydrogens is 779 g/mol. The van der Waals surface area contributed by atoms with Gasteiger partial charge in [-0.3, -0.25) is 9.59 Å². The van der Waals surface area contributed by atoms with Gasteiger partial charge in [0.25, 0.3) is 0 Å². The topological polar surface area (TPSA) is 95.9 Å². The minimum absolute atomic E-state index is 0.0146. The number of carbonyl (C=O) groups is 2. The summed E-state index contributed by atoms with van der Waals surface area (Å²) in [5, 5.41) is 23.7. The van der Waals surface area contributed by atoms with Gasteiger partial charge in [0.2, 0.25) is 5.91 Å². The van der Waals surface area contributed by atoms with Crippen LogP contribution in [0.5, 0.6) is 0 Å². The number of nitrogens with one attached hydrogen (secondary N) is 1. The molecule has 0 aliphatic heterocycles. The van der Waals surface area contributed by atoms with Crippen LogP contribution in [0, 0.1) is 0 Å². The van der Waals surface area contributed by atoms with E-state index in [4.69, 9.17) is 4.74 Å². The van der Waals surface area contributed by atoms with Crippen molar-refractivity contribution in [2.45, 2.75) is 257 Å². The van der Waals surface area contributed by atoms with Gasteiger partial charge < -0.3 is 20.3 Å². The maximum Gasteiger partial charge on any atom is 0.306 e. The highest BCUT2D eigenvalue weighted by Crippen LogP contribution is 2.16. The van der Waals surface area contributed by atoms with Crippen molar-refractivity contribution in [3.05, 3.63) is 85.1 Å². The lowest BCUT2D eigenvalue weighted by Crippen LogP contribution is -2.46. The van der Waals surface area contributed by atoms with Crippen LogP contribution in [0.15, 0.2) is 85.1 Å². The zero-order valence-electron chi connectivity index (χ0n) is 41.2. The molecule has 0 aliphatic carbocycles. The Balaban J connectivity index is 4.77. The average Bonchev–Trinajstić information content (AvgIpc) is 3.28. The van der Waals surface area contributed by atoms with E-state index in [-0.39, 0.29) is 24.9 Å². The number of allylic oxidation sites excluding steroid dienone is 13. The molecule has 0 spiro atoms. The van der Waals surface area contributed by atoms with Crippen LogP contribution in [0.2, 0.25) is 0 Å². The van der Waals surface area contributed by atoms with Gasteiger partial charge in [-0.05, 0) is 70.6 Å². The van der Waals surface area contributed by atoms with Crippen LogP contribution in [0.25, 0.3) is 0 Å². The number of esters is 1. The van der Waals surface area contributed by atoms with Crippen molar-refractivity contribution in [1.82, 2.24) is 5.32 Å². The van der Waals surface area contributed by atoms with E-state index in [9.17, 15) is 19.8 Å². The number of aliphatic hydroxyl groups is 2. The molecule has 0 aromatic carbocycles. The first-order valence-corrected chi connectivity index (χ1v) is 26.3. The summed E-state index contributed by atoms with van der Waals surface area (Å²) in [4.78, 5) is 26.1. The summed E-state index contributed by atoms with van der Waals surface area (Å²) in [6.07, 6.45) is 65.2. The third-order valence-corrected chi connectivity index (χ3v) is 11.5. The van der Waals surface area contributed by atoms with Gasteiger partial charge in [-0.1, -0.05) is 234 Å². The summed E-state index contributed by atoms with van der Waals surface area (Å²) in [6.45, 7) is 6.33. The fourth-order valence-electron chi connectivity index (χ4n) is 7.50. The molecule has 0 saturated heterocycles. The molecule has 0 aromatic rings. The van der Waals surface area contributed by atoms with E-state index in [1.54, 1.807) is 0 Å². The molecule has 6 nitrogen and oxygen atoms in total. The van der Waals surface area contributed by atoms with Gasteiger partial charge in [0.15, 0.2) is 0 Å². The predicted octanol–water partition coefficient (Wildman–Crippen LogP) is 16.0. The van der Waals surface area contributed by atoms with Crippen molar-refractivity contribution in [3.63, 3.8) is 0 Å². The van der Waals surface area contributed by atoms with Crippen molar-refractivity contribution in [3.8, 4) is 0 Å². The third kappa shape index (κ3) is 45.4. The standard InChI is InChI=1S/C57H99NO5/c1-4-7-10-13-16-19-22-25-27-29-32-35-38-41-44-47-50-57(62)63-53(48-45-42-39-36-33-31-28-26-23-20-17-14-11-8-5-2)51-56(61)58-54(52-59)55(60)49-46-43-40-37-34-30-24-21-18-15-12-9-6-3/h8,11,17,20,26-29,32-33,35-36,42,45,53-55,59-60H,4-7,9-10,12-16,18-19,21-25,30-31,34,37-41,43-44,46-52H2,1-3H3,(H,58,61)/b11-8-,20-17-,28-26-,29-27+,35-32+,36-33-,45-42-. The van der Waals surface area contributed by atoms with Gasteiger partial charge in [-0.25, -0.2) is 0 Å². The summed E-state index contributed by atoms with van der Waals surface area (Å²) >= 11 is 0. The number of unbranched alkanes of at least 4 members (excludes halogenated alkanes) is 22. The first-order chi connectivity index (χ1) is 31.0. The Morgan fingerprint density at radius 3 is 1.38 bits per heavy atom. The van der Waals surface area contributed by atoms with Gasteiger partial charge in [0, 0.05) is 12.8 Å². The van der Waals surface area contributed by atoms with E-state index in [0.717, 1.165) is 83.5 Å². The van der Waals surface area contributed by atoms with E-state index in [2.05, 4.69) is 99.0 Å². The molecule has 0 heterocycles. The Labute approximate surface area is 389 Å². The molecule has 3 unspecified atom stereocenters. The highest BCUT2D eigenvalue weighted by atomic mass is 16.5. The first-order valence-electron chi connectivity index (χ1n) is 26.3. The number of carbonyl (C=O) groups excluding carboxylic acids is 2. The van der Waals surface area contributed by atoms with E-state index >= 15 is 0 Å². The minimum atomic E-state index is -0.820. The number of rotatable bonds is 46. The second-order valence-corrected chi connectivity index (χ2v) is 17.6. The van der Waals surface area contributed by atoms with Gasteiger partial charge >= 0.3 is 5.97 Å². The van der Waals surface area contributed by atoms with Crippen LogP contribution in [0.3, 0.4) is 0 Å². The van der Waals surface area contributed by atoms with Crippen LogP contribution in [0.4, 0.5) is 0 Å². The van der Waals surface area contributed by atoms with Crippen molar-refractivity contribution in [2.75, 3.05) is 6.61 Å². The van der Waals surface area contributed by atoms with Gasteiger partial charge in [-0.15, -0.1) is 0 Å². The van der Waals surface area contributed by atoms with Crippen molar-refractivity contribution in [1.29, 1.82) is 0 Å². The zero-order valence-corrected chi connectivity index (χ0v) is 41.2. The normalized spacial score (nSPS) is 13.9. The van der Waals surface area contributed by atoms with Crippen molar-refractivity contribution >= 4 is 11.9 Å². The lowest BCUT2D eigenvalue weighted by Gasteiger charge is -2.24. The highest BCUT2D eigenvalue weighted by Gasteiger charge is 2.23. The molecule has 0 aliphatic rings. The van der Waals surface area contributed by atoms with Crippen LogP contribution < -0.4 is 5.32 Å². The third-order valence-electron chi connectivity index (χ3n) is 11.5. The average molecular weight is 878 g/mol. The van der Waals surface area contributed by atoms with Crippen LogP contribution in [-0.4, -0.2) is 46.9 Å². The second-order valence-electron chi connectivity index (χ2n) is 17.6. The number of ether oxygens (including phenoxy) is 1. The van der Waals surface area contributed by atoms with Crippen LogP contribution in [0.1, 0.15) is 239 Å². The molecule has 63 heavy (non-hydrogen) atoms. The Kier molecular flexibility index (Phi) is 47.7. The SMILES string of the molecule is CC/C=C\C/C=C\C/C=C\C/C=C\C/C=C\CC(CC(=O)NC(CO)C(O)CCCCCCCCCCCCCCC)OC(=O)CCCCC/C=C/C=C/CCCCCCCCC. The largest absolute Gasteiger partial charge is 0.461 e. The Morgan fingerprint density at radius 2 is 0.921 bits per heavy atom. The molecule has 0 rings (SSSR count). The van der Waals surface area contributed by atoms with Gasteiger partial charge in [0.05, 0.1) is 25.2 Å². The maximum absolute atomic E-state index is 13.2. The van der Waals surface area contributed by atoms with Gasteiger partial charge in [0.1, 0.15) is 6.10 Å². The van der Waals surface area contributed by atoms with E-state index < -0.39 is 18.2 Å². The molecule has 362 valence electrons. The summed E-state index contributed by atoms with van der Waals surface area (Å²) < 4.78 is 5.86. The maximum atomic E-state index is 13.2. The molecule has 0 aromatic heterocycles. The summed E-state index contributed by atoms with van der Waals surface area (Å²) in [6, 6.07) is -0.741. The fourth-order valence-corrected chi connectivity index (χ4v) is 7.50. The first kappa shape index (κ1) is 60.0. The summed E-state index contributed by atoms with van der Waals surface area (Å²) in [5.74, 6) is -0.614. The quantitative estimate of drug-likeness (QED) is 0.0245. The molecule has 0 bridgehead atoms. The molecular formula is C57H99NO5. The molecule has 3 N–H and O–H groups in total. The molecule has 6 heteroatoms. The van der Waals surface area contributed by atoms with E-state index in [0.29, 0.717) is 19.3 Å². The molecule has 3 atom stereocenters. The number of hydrogen-bond donors (Lipinski definition) is 3. The predicted molar refractivity (Wildman–Crippen MR) is 273 cm³/mol. The Hall–Kier alpha value is -2.96. The lowest BCUT2D eigenvalue weighted by atomic mass is 10.0. The van der Waals surface area contributed by atoms with E-state index in [1.165, 1.54) is 109 Å². The number of amides is 1.